The molecule has 0 radical (unpaired) electrons. The Kier molecular flexibility index (Phi) is 34.9. The van der Waals surface area contributed by atoms with Crippen LogP contribution >= 0.6 is 82.1 Å². The largest absolute Gasteiger partial charge is 0.495 e. The first-order valence-electron chi connectivity index (χ1n) is 42.8. The highest BCUT2D eigenvalue weighted by Crippen LogP contribution is 2.47. The number of para-hydroxylation sites is 3. The third-order valence-corrected chi connectivity index (χ3v) is 34.8. The summed E-state index contributed by atoms with van der Waals surface area (Å²) in [7, 11) is -14.5. The van der Waals surface area contributed by atoms with Gasteiger partial charge < -0.3 is 94.1 Å². The molecule has 0 amide bonds. The summed E-state index contributed by atoms with van der Waals surface area (Å²) in [5, 5.41) is 28.9. The van der Waals surface area contributed by atoms with Gasteiger partial charge in [0.05, 0.1) is 113 Å². The molecule has 2 aliphatic heterocycles. The van der Waals surface area contributed by atoms with E-state index >= 15 is 0 Å². The third-order valence-electron chi connectivity index (χ3n) is 21.6. The first-order chi connectivity index (χ1) is 63.6. The molecule has 4 aromatic heterocycles. The summed E-state index contributed by atoms with van der Waals surface area (Å²) < 4.78 is 136. The molecule has 31 nitrogen and oxygen atoms in total. The van der Waals surface area contributed by atoms with Gasteiger partial charge in [-0.25, -0.2) is 36.8 Å². The molecule has 1 saturated heterocycles. The van der Waals surface area contributed by atoms with E-state index in [4.69, 9.17) is 65.4 Å². The molecule has 1 fully saturated rings. The molecule has 0 atom stereocenters. The Morgan fingerprint density at radius 3 is 1.14 bits per heavy atom. The number of halogens is 4. The van der Waals surface area contributed by atoms with Crippen molar-refractivity contribution in [2.24, 2.45) is 0 Å². The highest BCUT2D eigenvalue weighted by Gasteiger charge is 2.31. The van der Waals surface area contributed by atoms with Gasteiger partial charge in [0.2, 0.25) is 23.8 Å². The maximum atomic E-state index is 12.8. The number of nitrogens with one attached hydrogen (secondary N) is 8. The average Bonchev–Trinajstić information content (AvgIpc) is 1.62. The number of benzene rings is 8. The fourth-order valence-electron chi connectivity index (χ4n) is 14.0. The van der Waals surface area contributed by atoms with E-state index in [-0.39, 0.29) is 43.4 Å². The van der Waals surface area contributed by atoms with Crippen molar-refractivity contribution in [2.45, 2.75) is 74.7 Å². The molecule has 42 heteroatoms. The topological polar surface area (TPSA) is 396 Å². The number of sulfone groups is 2. The lowest BCUT2D eigenvalue weighted by Crippen LogP contribution is -2.46. The molecule has 6 heterocycles. The van der Waals surface area contributed by atoms with Crippen LogP contribution in [0.5, 0.6) is 23.0 Å². The zero-order valence-corrected chi connectivity index (χ0v) is 87.6. The maximum Gasteiger partial charge on any atom is 0.229 e. The van der Waals surface area contributed by atoms with E-state index in [2.05, 4.69) is 105 Å². The number of piperazine rings is 1. The lowest BCUT2D eigenvalue weighted by Gasteiger charge is -2.35. The molecular formula is C93H113Cl4N18O13P5S2. The summed E-state index contributed by atoms with van der Waals surface area (Å²) in [5.41, 5.74) is 7.94. The number of likely N-dealkylation sites (N-methyl/N-ethyl adjacent to an activating group) is 1. The third kappa shape index (κ3) is 27.1. The Labute approximate surface area is 810 Å². The molecule has 135 heavy (non-hydrogen) atoms. The van der Waals surface area contributed by atoms with Crippen molar-refractivity contribution in [2.75, 3.05) is 175 Å². The summed E-state index contributed by atoms with van der Waals surface area (Å²) in [5.74, 6) is 4.90. The highest BCUT2D eigenvalue weighted by atomic mass is 35.5. The maximum absolute atomic E-state index is 12.8. The molecule has 718 valence electrons. The number of aromatic nitrogens is 8. The SMILES string of the molecule is CC(C)S(=O)(=O)c1ccccc1Nc1nc(Nc2ccc(P(C)(C)=O)c3c2OCC3)ncc1Cl.CCN1CCN(c2ccc(Nc3ncc(Cl)c(Nc4ccccc4P(C)(C)=O)n3)c(OC)c2)CC1.CCc1cc(P(C)(C)=O)ccc1Nc1ncc(Cl)c(Nc2ccccc2S(=O)(=O)C(C)C)n1.COc1cc(P(C)(C)=O)ccc1Nc1ncc(Cl)c(Nc2ccc(P(C)(C)=O)cc2OC)n1. The van der Waals surface area contributed by atoms with Crippen LogP contribution in [0, 0.1) is 0 Å². The average molecular weight is 2050 g/mol. The number of ether oxygens (including phenoxy) is 4. The van der Waals surface area contributed by atoms with E-state index in [0.29, 0.717) is 114 Å². The predicted octanol–water partition coefficient (Wildman–Crippen LogP) is 20.7. The molecule has 2 aliphatic rings. The van der Waals surface area contributed by atoms with Crippen LogP contribution in [0.3, 0.4) is 0 Å². The standard InChI is InChI=1S/C25H32ClN6O2P.C23H26ClN4O4PS.C23H28ClN4O3PS.C22H27ClN4O4P2/c1-5-31-12-14-32(15-13-31)18-10-11-20(22(16-18)34-2)29-25-27-17-19(26)24(30-25)28-21-8-6-7-9-23(21)35(3,4)33;1-14(2)34(30,31)20-8-6-5-7-17(20)26-22-16(24)13-25-23(28-22)27-18-9-10-19(33(3,4)29)15-11-12-32-21(15)18;1-6-16-13-17(32(4,5)29)11-12-19(16)27-23-25-14-18(24)22(28-23)26-20-9-7-8-10-21(20)33(30,31)15(2)3;1-30-19-11-14(32(3,4)28)7-9-17(19)25-21-16(23)13-24-22(27-21)26-18-10-8-15(33(5,6)29)12-20(18)31-2/h6-11,16-17H,5,12-15H2,1-4H3,(H2,27,28,29,30);5-10,13-14H,11-12H2,1-4H3,(H2,25,26,27,28);7-15H,6H2,1-5H3,(H2,25,26,27,28);7-13H,1-6H3,(H2,24,25,26,27). The number of fused-ring (bicyclic) bond motifs is 1. The first-order valence-corrected chi connectivity index (χ1v) is 60.4. The lowest BCUT2D eigenvalue weighted by molar-refractivity contribution is 0.271. The fourth-order valence-corrected chi connectivity index (χ4v) is 22.0. The number of hydrogen-bond acceptors (Lipinski definition) is 31. The number of hydrogen-bond donors (Lipinski definition) is 8. The van der Waals surface area contributed by atoms with Crippen molar-refractivity contribution in [3.8, 4) is 23.0 Å². The second kappa shape index (κ2) is 44.8. The highest BCUT2D eigenvalue weighted by molar-refractivity contribution is 7.92. The molecule has 0 unspecified atom stereocenters. The van der Waals surface area contributed by atoms with E-state index in [1.165, 1.54) is 39.0 Å². The van der Waals surface area contributed by atoms with Gasteiger partial charge in [0.15, 0.2) is 42.9 Å². The Balaban J connectivity index is 0.000000173. The molecule has 0 saturated carbocycles. The van der Waals surface area contributed by atoms with Gasteiger partial charge in [-0.15, -0.1) is 0 Å². The Morgan fingerprint density at radius 1 is 0.393 bits per heavy atom. The van der Waals surface area contributed by atoms with Crippen molar-refractivity contribution in [3.05, 3.63) is 214 Å². The van der Waals surface area contributed by atoms with Gasteiger partial charge in [0, 0.05) is 82.1 Å². The van der Waals surface area contributed by atoms with E-state index < -0.39 is 65.9 Å². The van der Waals surface area contributed by atoms with Gasteiger partial charge >= 0.3 is 0 Å². The van der Waals surface area contributed by atoms with Gasteiger partial charge in [-0.1, -0.05) is 96.6 Å². The van der Waals surface area contributed by atoms with Gasteiger partial charge in [-0.2, -0.15) is 19.9 Å². The smallest absolute Gasteiger partial charge is 0.229 e. The molecular weight excluding hydrogens is 1940 g/mol. The predicted molar refractivity (Wildman–Crippen MR) is 559 cm³/mol. The van der Waals surface area contributed by atoms with E-state index in [0.717, 1.165) is 83.2 Å². The summed E-state index contributed by atoms with van der Waals surface area (Å²) in [6.45, 7) is 33.7. The number of anilines is 17. The van der Waals surface area contributed by atoms with Crippen molar-refractivity contribution in [3.63, 3.8) is 0 Å². The van der Waals surface area contributed by atoms with Crippen molar-refractivity contribution >= 4 is 227 Å². The van der Waals surface area contributed by atoms with Gasteiger partial charge in [-0.3, -0.25) is 0 Å². The fraction of sp³-hybridized carbons (Fsp3) is 0.312. The van der Waals surface area contributed by atoms with Crippen molar-refractivity contribution in [1.29, 1.82) is 0 Å². The number of rotatable bonds is 31. The van der Waals surface area contributed by atoms with Crippen LogP contribution in [0.15, 0.2) is 192 Å². The molecule has 8 N–H and O–H groups in total. The van der Waals surface area contributed by atoms with E-state index in [1.54, 1.807) is 192 Å². The molecule has 12 aromatic rings. The number of aryl methyl sites for hydroxylation is 1. The van der Waals surface area contributed by atoms with E-state index in [1.807, 2.05) is 67.6 Å². The quantitative estimate of drug-likeness (QED) is 0.0187. The Morgan fingerprint density at radius 2 is 0.741 bits per heavy atom. The monoisotopic (exact) mass is 2050 g/mol. The summed E-state index contributed by atoms with van der Waals surface area (Å²) in [6, 6.07) is 46.7. The van der Waals surface area contributed by atoms with Crippen LogP contribution in [0.2, 0.25) is 20.1 Å². The molecule has 0 bridgehead atoms. The van der Waals surface area contributed by atoms with Gasteiger partial charge in [0.1, 0.15) is 78.8 Å². The molecule has 0 spiro atoms. The van der Waals surface area contributed by atoms with Crippen LogP contribution in [0.4, 0.5) is 98.3 Å². The van der Waals surface area contributed by atoms with Crippen LogP contribution in [0.25, 0.3) is 0 Å². The number of nitrogens with zero attached hydrogens (tertiary/aromatic N) is 10. The van der Waals surface area contributed by atoms with Crippen LogP contribution in [0.1, 0.15) is 52.7 Å². The number of methoxy groups -OCH3 is 3. The van der Waals surface area contributed by atoms with Crippen molar-refractivity contribution in [1.82, 2.24) is 44.8 Å². The molecule has 0 aliphatic carbocycles. The molecule has 14 rings (SSSR count). The summed E-state index contributed by atoms with van der Waals surface area (Å²) in [4.78, 5) is 40.2. The zero-order valence-electron chi connectivity index (χ0n) is 78.5. The zero-order chi connectivity index (χ0) is 98.5. The lowest BCUT2D eigenvalue weighted by atomic mass is 10.1. The minimum absolute atomic E-state index is 0.166. The van der Waals surface area contributed by atoms with E-state index in [9.17, 15) is 39.7 Å². The van der Waals surface area contributed by atoms with Crippen LogP contribution in [-0.2, 0) is 55.3 Å². The summed E-state index contributed by atoms with van der Waals surface area (Å²) >= 11 is 25.3. The molecule has 8 aromatic carbocycles. The Hall–Kier alpha value is -10.4. The second-order valence-corrected chi connectivity index (χ2v) is 56.4. The van der Waals surface area contributed by atoms with Gasteiger partial charge in [-0.05, 0) is 228 Å². The van der Waals surface area contributed by atoms with Crippen molar-refractivity contribution < 1.29 is 58.6 Å². The van der Waals surface area contributed by atoms with Crippen LogP contribution < -0.4 is 92.9 Å². The van der Waals surface area contributed by atoms with Gasteiger partial charge in [0.25, 0.3) is 0 Å². The summed E-state index contributed by atoms with van der Waals surface area (Å²) in [6.07, 6.45) is 7.30. The minimum atomic E-state index is -3.53. The Bertz CT molecular complexity index is 6840. The normalized spacial score (nSPS) is 13.0. The minimum Gasteiger partial charge on any atom is -0.495 e. The van der Waals surface area contributed by atoms with Crippen LogP contribution in [-0.4, -0.2) is 199 Å². The second-order valence-electron chi connectivity index (χ2n) is 33.8. The first kappa shape index (κ1) is 105.